The van der Waals surface area contributed by atoms with Crippen molar-refractivity contribution in [3.05, 3.63) is 83.5 Å². The minimum absolute atomic E-state index is 0.836. The molecule has 0 saturated heterocycles. The standard InChI is InChI=1S/C32H31N5S/c1-20-9-12-31(38-20)25-7-4-8-28-26(25)15-30(35-28)32-27-14-23(10-11-29(27)36-37-32)24-13-22(18-34-19-24)17-33-16-21-5-2-3-6-21/h4,7-15,18-19,21,33,35H,2-3,5-6,16-17H2,1H3,(H,36,37). The highest BCUT2D eigenvalue weighted by Gasteiger charge is 2.16. The molecule has 190 valence electrons. The van der Waals surface area contributed by atoms with Crippen molar-refractivity contribution in [1.82, 2.24) is 25.5 Å². The number of hydrogen-bond acceptors (Lipinski definition) is 4. The highest BCUT2D eigenvalue weighted by Crippen LogP contribution is 2.37. The van der Waals surface area contributed by atoms with Crippen molar-refractivity contribution >= 4 is 33.1 Å². The zero-order valence-corrected chi connectivity index (χ0v) is 22.4. The molecule has 7 rings (SSSR count). The second-order valence-electron chi connectivity index (χ2n) is 10.6. The van der Waals surface area contributed by atoms with Crippen LogP contribution in [0.5, 0.6) is 0 Å². The van der Waals surface area contributed by atoms with Crippen LogP contribution in [0.3, 0.4) is 0 Å². The molecule has 0 atom stereocenters. The number of H-pyrrole nitrogens is 2. The maximum atomic E-state index is 4.72. The van der Waals surface area contributed by atoms with Crippen molar-refractivity contribution in [2.75, 3.05) is 6.54 Å². The molecular weight excluding hydrogens is 486 g/mol. The summed E-state index contributed by atoms with van der Waals surface area (Å²) in [6, 6.07) is 21.9. The molecule has 5 nitrogen and oxygen atoms in total. The van der Waals surface area contributed by atoms with Crippen LogP contribution in [0.2, 0.25) is 0 Å². The molecule has 0 radical (unpaired) electrons. The molecule has 1 aliphatic rings. The quantitative estimate of drug-likeness (QED) is 0.200. The van der Waals surface area contributed by atoms with Gasteiger partial charge >= 0.3 is 0 Å². The fourth-order valence-corrected chi connectivity index (χ4v) is 6.76. The smallest absolute Gasteiger partial charge is 0.116 e. The Hall–Kier alpha value is -3.74. The zero-order valence-electron chi connectivity index (χ0n) is 21.6. The first-order valence-corrected chi connectivity index (χ1v) is 14.3. The molecule has 3 N–H and O–H groups in total. The van der Waals surface area contributed by atoms with Gasteiger partial charge < -0.3 is 10.3 Å². The second-order valence-corrected chi connectivity index (χ2v) is 11.8. The predicted octanol–water partition coefficient (Wildman–Crippen LogP) is 8.09. The molecule has 6 heteroatoms. The number of aromatic nitrogens is 4. The van der Waals surface area contributed by atoms with Gasteiger partial charge in [-0.15, -0.1) is 11.3 Å². The van der Waals surface area contributed by atoms with Crippen molar-refractivity contribution in [1.29, 1.82) is 0 Å². The molecule has 1 aliphatic carbocycles. The minimum Gasteiger partial charge on any atom is -0.353 e. The first-order valence-electron chi connectivity index (χ1n) is 13.5. The monoisotopic (exact) mass is 517 g/mol. The fraction of sp³-hybridized carbons (Fsp3) is 0.250. The van der Waals surface area contributed by atoms with Gasteiger partial charge in [0.15, 0.2) is 0 Å². The van der Waals surface area contributed by atoms with Crippen LogP contribution in [0.4, 0.5) is 0 Å². The van der Waals surface area contributed by atoms with Crippen molar-refractivity contribution in [2.24, 2.45) is 5.92 Å². The van der Waals surface area contributed by atoms with Crippen LogP contribution in [0.15, 0.2) is 73.1 Å². The number of rotatable bonds is 7. The average molecular weight is 518 g/mol. The highest BCUT2D eigenvalue weighted by molar-refractivity contribution is 7.15. The Kier molecular flexibility index (Phi) is 6.06. The molecule has 1 fully saturated rings. The molecular formula is C32H31N5S. The minimum atomic E-state index is 0.836. The molecule has 2 aromatic carbocycles. The Morgan fingerprint density at radius 1 is 0.921 bits per heavy atom. The number of hydrogen-bond donors (Lipinski definition) is 3. The normalized spacial score (nSPS) is 14.2. The molecule has 0 bridgehead atoms. The molecule has 0 amide bonds. The number of nitrogens with zero attached hydrogens (tertiary/aromatic N) is 2. The topological polar surface area (TPSA) is 69.4 Å². The van der Waals surface area contributed by atoms with E-state index in [0.717, 1.165) is 57.9 Å². The van der Waals surface area contributed by atoms with Crippen LogP contribution >= 0.6 is 11.3 Å². The molecule has 0 unspecified atom stereocenters. The Bertz CT molecular complexity index is 1730. The Morgan fingerprint density at radius 3 is 2.71 bits per heavy atom. The summed E-state index contributed by atoms with van der Waals surface area (Å²) in [6.07, 6.45) is 9.43. The lowest BCUT2D eigenvalue weighted by Gasteiger charge is -2.11. The first-order chi connectivity index (χ1) is 18.7. The van der Waals surface area contributed by atoms with Crippen LogP contribution in [0.1, 0.15) is 36.1 Å². The van der Waals surface area contributed by atoms with Gasteiger partial charge in [0, 0.05) is 56.1 Å². The van der Waals surface area contributed by atoms with E-state index < -0.39 is 0 Å². The van der Waals surface area contributed by atoms with Crippen LogP contribution in [0, 0.1) is 12.8 Å². The van der Waals surface area contributed by atoms with Gasteiger partial charge in [-0.05, 0) is 85.8 Å². The summed E-state index contributed by atoms with van der Waals surface area (Å²) in [4.78, 5) is 10.8. The van der Waals surface area contributed by atoms with E-state index in [4.69, 9.17) is 5.10 Å². The number of thiophene rings is 1. The third-order valence-corrected chi connectivity index (χ3v) is 8.89. The number of aryl methyl sites for hydroxylation is 1. The van der Waals surface area contributed by atoms with Crippen molar-refractivity contribution in [3.63, 3.8) is 0 Å². The van der Waals surface area contributed by atoms with E-state index in [1.807, 2.05) is 23.7 Å². The molecule has 38 heavy (non-hydrogen) atoms. The molecule has 4 heterocycles. The van der Waals surface area contributed by atoms with E-state index in [9.17, 15) is 0 Å². The Morgan fingerprint density at radius 2 is 1.84 bits per heavy atom. The van der Waals surface area contributed by atoms with Gasteiger partial charge in [-0.2, -0.15) is 5.10 Å². The maximum absolute atomic E-state index is 4.72. The number of fused-ring (bicyclic) bond motifs is 2. The number of aromatic amines is 2. The van der Waals surface area contributed by atoms with Gasteiger partial charge in [-0.3, -0.25) is 10.1 Å². The van der Waals surface area contributed by atoms with Crippen molar-refractivity contribution in [2.45, 2.75) is 39.2 Å². The molecule has 1 saturated carbocycles. The Labute approximate surface area is 226 Å². The summed E-state index contributed by atoms with van der Waals surface area (Å²) < 4.78 is 0. The summed E-state index contributed by atoms with van der Waals surface area (Å²) in [7, 11) is 0. The van der Waals surface area contributed by atoms with Gasteiger partial charge in [0.25, 0.3) is 0 Å². The maximum Gasteiger partial charge on any atom is 0.116 e. The lowest BCUT2D eigenvalue weighted by Crippen LogP contribution is -2.20. The van der Waals surface area contributed by atoms with E-state index >= 15 is 0 Å². The van der Waals surface area contributed by atoms with Crippen molar-refractivity contribution in [3.8, 4) is 33.0 Å². The van der Waals surface area contributed by atoms with Gasteiger partial charge in [-0.25, -0.2) is 0 Å². The van der Waals surface area contributed by atoms with Gasteiger partial charge in [0.2, 0.25) is 0 Å². The predicted molar refractivity (Wildman–Crippen MR) is 158 cm³/mol. The molecule has 0 spiro atoms. The van der Waals surface area contributed by atoms with E-state index in [2.05, 4.69) is 88.0 Å². The number of nitrogens with one attached hydrogen (secondary N) is 3. The van der Waals surface area contributed by atoms with Gasteiger partial charge in [0.1, 0.15) is 5.69 Å². The summed E-state index contributed by atoms with van der Waals surface area (Å²) in [5.41, 5.74) is 8.87. The van der Waals surface area contributed by atoms with E-state index in [1.54, 1.807) is 0 Å². The SMILES string of the molecule is Cc1ccc(-c2cccc3[nH]c(-c4n[nH]c5ccc(-c6cncc(CNCC7CCCC7)c6)cc45)cc23)s1. The highest BCUT2D eigenvalue weighted by atomic mass is 32.1. The van der Waals surface area contributed by atoms with E-state index in [1.165, 1.54) is 52.0 Å². The summed E-state index contributed by atoms with van der Waals surface area (Å²) in [5, 5.41) is 13.9. The average Bonchev–Trinajstić information content (AvgIpc) is 3.74. The van der Waals surface area contributed by atoms with Crippen LogP contribution in [-0.2, 0) is 6.54 Å². The zero-order chi connectivity index (χ0) is 25.5. The third-order valence-electron chi connectivity index (χ3n) is 7.85. The van der Waals surface area contributed by atoms with Gasteiger partial charge in [-0.1, -0.05) is 31.0 Å². The summed E-state index contributed by atoms with van der Waals surface area (Å²) in [5.74, 6) is 0.836. The van der Waals surface area contributed by atoms with Gasteiger partial charge in [0.05, 0.1) is 11.2 Å². The lowest BCUT2D eigenvalue weighted by atomic mass is 10.0. The van der Waals surface area contributed by atoms with Crippen molar-refractivity contribution < 1.29 is 0 Å². The molecule has 0 aliphatic heterocycles. The largest absolute Gasteiger partial charge is 0.353 e. The fourth-order valence-electron chi connectivity index (χ4n) is 5.85. The van der Waals surface area contributed by atoms with E-state index in [-0.39, 0.29) is 0 Å². The molecule has 4 aromatic heterocycles. The number of benzene rings is 2. The summed E-state index contributed by atoms with van der Waals surface area (Å²) >= 11 is 1.83. The first kappa shape index (κ1) is 23.4. The molecule has 6 aromatic rings. The van der Waals surface area contributed by atoms with Crippen LogP contribution in [-0.4, -0.2) is 26.7 Å². The van der Waals surface area contributed by atoms with Crippen LogP contribution in [0.25, 0.3) is 54.8 Å². The summed E-state index contributed by atoms with van der Waals surface area (Å²) in [6.45, 7) is 4.12. The van der Waals surface area contributed by atoms with Crippen LogP contribution < -0.4 is 5.32 Å². The lowest BCUT2D eigenvalue weighted by molar-refractivity contribution is 0.489. The Balaban J connectivity index is 1.20. The second kappa shape index (κ2) is 9.86. The number of pyridine rings is 1. The van der Waals surface area contributed by atoms with E-state index in [0.29, 0.717) is 0 Å². The third kappa shape index (κ3) is 4.44.